The van der Waals surface area contributed by atoms with E-state index in [1.807, 2.05) is 53.9 Å². The zero-order valence-electron chi connectivity index (χ0n) is 22.6. The molecule has 0 unspecified atom stereocenters. The maximum absolute atomic E-state index is 12.8. The number of hydrogen-bond acceptors (Lipinski definition) is 5. The second-order valence-corrected chi connectivity index (χ2v) is 10.2. The van der Waals surface area contributed by atoms with Gasteiger partial charge in [-0.15, -0.1) is 0 Å². The number of ether oxygens (including phenoxy) is 2. The van der Waals surface area contributed by atoms with Gasteiger partial charge < -0.3 is 19.2 Å². The van der Waals surface area contributed by atoms with Crippen LogP contribution in [0, 0.1) is 5.92 Å². The van der Waals surface area contributed by atoms with Crippen LogP contribution in [0.3, 0.4) is 0 Å². The van der Waals surface area contributed by atoms with Crippen LogP contribution >= 0.6 is 0 Å². The van der Waals surface area contributed by atoms with Crippen molar-refractivity contribution in [1.29, 1.82) is 0 Å². The van der Waals surface area contributed by atoms with Gasteiger partial charge >= 0.3 is 5.97 Å². The van der Waals surface area contributed by atoms with Crippen LogP contribution in [0.2, 0.25) is 0 Å². The number of rotatable bonds is 9. The molecule has 7 heteroatoms. The van der Waals surface area contributed by atoms with Crippen LogP contribution in [-0.2, 0) is 16.1 Å². The van der Waals surface area contributed by atoms with Gasteiger partial charge in [0.1, 0.15) is 17.1 Å². The molecule has 1 aliphatic carbocycles. The third-order valence-electron chi connectivity index (χ3n) is 7.64. The van der Waals surface area contributed by atoms with Crippen LogP contribution < -0.4 is 10.1 Å². The van der Waals surface area contributed by atoms with E-state index in [2.05, 4.69) is 34.6 Å². The smallest absolute Gasteiger partial charge is 0.306 e. The van der Waals surface area contributed by atoms with Crippen molar-refractivity contribution in [2.24, 2.45) is 5.92 Å². The number of para-hydroxylation sites is 1. The second-order valence-electron chi connectivity index (χ2n) is 10.2. The van der Waals surface area contributed by atoms with Crippen LogP contribution in [0.25, 0.3) is 16.8 Å². The summed E-state index contributed by atoms with van der Waals surface area (Å²) in [6, 6.07) is 20.4. The number of nitrogens with one attached hydrogen (secondary N) is 1. The van der Waals surface area contributed by atoms with E-state index in [0.717, 1.165) is 53.8 Å². The average molecular weight is 526 g/mol. The van der Waals surface area contributed by atoms with E-state index < -0.39 is 0 Å². The van der Waals surface area contributed by atoms with Gasteiger partial charge in [-0.05, 0) is 79.3 Å². The number of hydrogen-bond donors (Lipinski definition) is 1. The number of carbonyl (C=O) groups excluding carboxylic acids is 2. The molecule has 0 radical (unpaired) electrons. The number of nitrogens with zero attached hydrogens (tertiary/aromatic N) is 2. The Morgan fingerprint density at radius 3 is 2.44 bits per heavy atom. The van der Waals surface area contributed by atoms with Crippen LogP contribution in [-0.4, -0.2) is 35.0 Å². The van der Waals surface area contributed by atoms with Crippen LogP contribution in [0.1, 0.15) is 66.6 Å². The summed E-state index contributed by atoms with van der Waals surface area (Å²) in [4.78, 5) is 29.1. The Balaban J connectivity index is 1.21. The Kier molecular flexibility index (Phi) is 8.25. The second kappa shape index (κ2) is 12.2. The van der Waals surface area contributed by atoms with E-state index in [1.54, 1.807) is 13.3 Å². The van der Waals surface area contributed by atoms with E-state index in [9.17, 15) is 9.59 Å². The van der Waals surface area contributed by atoms with Crippen molar-refractivity contribution in [2.75, 3.05) is 13.7 Å². The molecule has 1 aliphatic rings. The van der Waals surface area contributed by atoms with Crippen molar-refractivity contribution < 1.29 is 19.1 Å². The number of aromatic nitrogens is 2. The van der Waals surface area contributed by atoms with Gasteiger partial charge in [0.15, 0.2) is 0 Å². The highest BCUT2D eigenvalue weighted by atomic mass is 16.5. The van der Waals surface area contributed by atoms with Gasteiger partial charge in [-0.2, -0.15) is 0 Å². The van der Waals surface area contributed by atoms with Gasteiger partial charge in [0.25, 0.3) is 5.91 Å². The summed E-state index contributed by atoms with van der Waals surface area (Å²) >= 11 is 0. The Morgan fingerprint density at radius 2 is 1.69 bits per heavy atom. The monoisotopic (exact) mass is 525 g/mol. The number of carbonyl (C=O) groups is 2. The highest BCUT2D eigenvalue weighted by Crippen LogP contribution is 2.37. The number of esters is 1. The fourth-order valence-corrected chi connectivity index (χ4v) is 5.49. The quantitative estimate of drug-likeness (QED) is 0.265. The molecular weight excluding hydrogens is 490 g/mol. The Bertz CT molecular complexity index is 1440. The lowest BCUT2D eigenvalue weighted by molar-refractivity contribution is -0.144. The molecule has 5 rings (SSSR count). The summed E-state index contributed by atoms with van der Waals surface area (Å²) < 4.78 is 12.4. The fourth-order valence-electron chi connectivity index (χ4n) is 5.49. The molecule has 2 aromatic heterocycles. The molecule has 202 valence electrons. The highest BCUT2D eigenvalue weighted by molar-refractivity contribution is 5.93. The molecule has 7 nitrogen and oxygen atoms in total. The van der Waals surface area contributed by atoms with Crippen LogP contribution in [0.15, 0.2) is 73.1 Å². The Morgan fingerprint density at radius 1 is 0.949 bits per heavy atom. The Labute approximate surface area is 229 Å². The van der Waals surface area contributed by atoms with Gasteiger partial charge in [0.2, 0.25) is 0 Å². The van der Waals surface area contributed by atoms with Gasteiger partial charge in [-0.1, -0.05) is 42.5 Å². The van der Waals surface area contributed by atoms with Crippen molar-refractivity contribution in [3.8, 4) is 16.9 Å². The maximum Gasteiger partial charge on any atom is 0.306 e. The minimum absolute atomic E-state index is 0.0687. The first-order valence-corrected chi connectivity index (χ1v) is 13.7. The van der Waals surface area contributed by atoms with E-state index in [1.165, 1.54) is 5.56 Å². The normalized spacial score (nSPS) is 17.1. The SMILES string of the molecule is CCOC(=O)C[C@H]1CC[C@H](c2ccc(-c3ccc4nc(C(=O)NCc5ccccc5OC)cn4c3)cc2)CC1. The van der Waals surface area contributed by atoms with E-state index in [0.29, 0.717) is 37.1 Å². The Hall–Kier alpha value is -4.13. The number of benzene rings is 2. The summed E-state index contributed by atoms with van der Waals surface area (Å²) in [5.74, 6) is 1.42. The minimum atomic E-state index is -0.229. The van der Waals surface area contributed by atoms with Crippen molar-refractivity contribution >= 4 is 17.5 Å². The maximum atomic E-state index is 12.8. The molecule has 0 bridgehead atoms. The van der Waals surface area contributed by atoms with Crippen LogP contribution in [0.4, 0.5) is 0 Å². The van der Waals surface area contributed by atoms with E-state index in [-0.39, 0.29) is 11.9 Å². The predicted molar refractivity (Wildman–Crippen MR) is 151 cm³/mol. The summed E-state index contributed by atoms with van der Waals surface area (Å²) in [6.45, 7) is 2.67. The highest BCUT2D eigenvalue weighted by Gasteiger charge is 2.24. The predicted octanol–water partition coefficient (Wildman–Crippen LogP) is 6.17. The zero-order valence-corrected chi connectivity index (χ0v) is 22.6. The van der Waals surface area contributed by atoms with Crippen molar-refractivity contribution in [3.63, 3.8) is 0 Å². The van der Waals surface area contributed by atoms with Crippen molar-refractivity contribution in [3.05, 3.63) is 89.9 Å². The first-order valence-electron chi connectivity index (χ1n) is 13.7. The topological polar surface area (TPSA) is 81.9 Å². The molecule has 1 N–H and O–H groups in total. The molecule has 0 saturated heterocycles. The molecule has 0 atom stereocenters. The minimum Gasteiger partial charge on any atom is -0.496 e. The third-order valence-corrected chi connectivity index (χ3v) is 7.64. The van der Waals surface area contributed by atoms with Crippen molar-refractivity contribution in [1.82, 2.24) is 14.7 Å². The van der Waals surface area contributed by atoms with Gasteiger partial charge in [0.05, 0.1) is 13.7 Å². The lowest BCUT2D eigenvalue weighted by Gasteiger charge is -2.28. The third kappa shape index (κ3) is 6.30. The first kappa shape index (κ1) is 26.5. The molecule has 1 amide bonds. The summed E-state index contributed by atoms with van der Waals surface area (Å²) in [5, 5.41) is 2.93. The molecule has 39 heavy (non-hydrogen) atoms. The molecule has 1 saturated carbocycles. The summed E-state index contributed by atoms with van der Waals surface area (Å²) in [5.41, 5.74) is 5.53. The lowest BCUT2D eigenvalue weighted by Crippen LogP contribution is -2.23. The number of fused-ring (bicyclic) bond motifs is 1. The number of pyridine rings is 1. The lowest BCUT2D eigenvalue weighted by atomic mass is 9.77. The first-order chi connectivity index (χ1) is 19.0. The zero-order chi connectivity index (χ0) is 27.2. The van der Waals surface area contributed by atoms with E-state index >= 15 is 0 Å². The number of amides is 1. The standard InChI is InChI=1S/C32H35N3O4/c1-3-39-31(36)18-22-8-10-23(11-9-22)24-12-14-25(15-13-24)27-16-17-30-34-28(21-35(30)20-27)32(37)33-19-26-6-4-5-7-29(26)38-2/h4-7,12-17,20-23H,3,8-11,18-19H2,1-2H3,(H,33,37)/t22-,23-. The fraction of sp³-hybridized carbons (Fsp3) is 0.344. The molecule has 4 aromatic rings. The summed E-state index contributed by atoms with van der Waals surface area (Å²) in [6.07, 6.45) is 8.66. The largest absolute Gasteiger partial charge is 0.496 e. The molecule has 0 spiro atoms. The van der Waals surface area contributed by atoms with Gasteiger partial charge in [-0.3, -0.25) is 9.59 Å². The van der Waals surface area contributed by atoms with Crippen LogP contribution in [0.5, 0.6) is 5.75 Å². The number of imidazole rings is 1. The van der Waals surface area contributed by atoms with E-state index in [4.69, 9.17) is 9.47 Å². The van der Waals surface area contributed by atoms with Gasteiger partial charge in [0, 0.05) is 30.9 Å². The number of methoxy groups -OCH3 is 1. The molecule has 2 aromatic carbocycles. The van der Waals surface area contributed by atoms with Crippen molar-refractivity contribution in [2.45, 2.75) is 51.5 Å². The molecule has 0 aliphatic heterocycles. The molecule has 2 heterocycles. The van der Waals surface area contributed by atoms with Gasteiger partial charge in [-0.25, -0.2) is 4.98 Å². The average Bonchev–Trinajstić information content (AvgIpc) is 3.40. The summed E-state index contributed by atoms with van der Waals surface area (Å²) in [7, 11) is 1.62. The molecule has 1 fully saturated rings. The molecular formula is C32H35N3O4.